The molecule has 1 heterocycles. The van der Waals surface area contributed by atoms with Gasteiger partial charge in [-0.25, -0.2) is 13.1 Å². The number of methoxy groups -OCH3 is 1. The van der Waals surface area contributed by atoms with Crippen molar-refractivity contribution in [2.45, 2.75) is 30.2 Å². The summed E-state index contributed by atoms with van der Waals surface area (Å²) in [5.74, 6) is -0.245. The van der Waals surface area contributed by atoms with Crippen LogP contribution in [0.4, 0.5) is 0 Å². The number of benzene rings is 1. The molecule has 0 saturated carbocycles. The number of likely N-dealkylation sites (tertiary alicyclic amines) is 1. The highest BCUT2D eigenvalue weighted by atomic mass is 32.2. The third-order valence-electron chi connectivity index (χ3n) is 3.83. The van der Waals surface area contributed by atoms with Crippen molar-refractivity contribution in [2.24, 2.45) is 0 Å². The zero-order chi connectivity index (χ0) is 16.0. The molecule has 1 fully saturated rings. The number of ether oxygens (including phenoxy) is 1. The number of sulfonamides is 1. The second kappa shape index (κ2) is 7.71. The van der Waals surface area contributed by atoms with Gasteiger partial charge in [0.15, 0.2) is 0 Å². The van der Waals surface area contributed by atoms with Crippen molar-refractivity contribution in [1.29, 1.82) is 0 Å². The molecule has 0 aliphatic carbocycles. The van der Waals surface area contributed by atoms with Gasteiger partial charge >= 0.3 is 5.97 Å². The predicted molar refractivity (Wildman–Crippen MR) is 82.9 cm³/mol. The molecule has 0 bridgehead atoms. The molecular weight excluding hydrogens is 304 g/mol. The van der Waals surface area contributed by atoms with Crippen LogP contribution in [0, 0.1) is 0 Å². The van der Waals surface area contributed by atoms with Gasteiger partial charge in [0.2, 0.25) is 10.0 Å². The molecule has 0 spiro atoms. The second-order valence-electron chi connectivity index (χ2n) is 5.28. The monoisotopic (exact) mass is 326 g/mol. The molecule has 1 aliphatic rings. The van der Waals surface area contributed by atoms with E-state index in [1.807, 2.05) is 4.90 Å². The molecule has 0 radical (unpaired) electrons. The van der Waals surface area contributed by atoms with Crippen molar-refractivity contribution in [1.82, 2.24) is 9.62 Å². The smallest absolute Gasteiger partial charge is 0.323 e. The summed E-state index contributed by atoms with van der Waals surface area (Å²) >= 11 is 0. The Kier molecular flexibility index (Phi) is 5.93. The molecule has 122 valence electrons. The van der Waals surface area contributed by atoms with Crippen molar-refractivity contribution in [3.05, 3.63) is 30.3 Å². The second-order valence-corrected chi connectivity index (χ2v) is 7.05. The predicted octanol–water partition coefficient (Wildman–Crippen LogP) is 0.992. The third-order valence-corrected chi connectivity index (χ3v) is 5.31. The summed E-state index contributed by atoms with van der Waals surface area (Å²) in [6.45, 7) is 1.55. The van der Waals surface area contributed by atoms with Gasteiger partial charge in [-0.1, -0.05) is 24.6 Å². The first-order valence-corrected chi connectivity index (χ1v) is 8.89. The topological polar surface area (TPSA) is 75.7 Å². The highest BCUT2D eigenvalue weighted by Gasteiger charge is 2.29. The molecule has 1 saturated heterocycles. The average molecular weight is 326 g/mol. The van der Waals surface area contributed by atoms with Crippen LogP contribution in [0.15, 0.2) is 35.2 Å². The van der Waals surface area contributed by atoms with Crippen molar-refractivity contribution in [2.75, 3.05) is 26.7 Å². The molecule has 0 aromatic heterocycles. The number of rotatable bonds is 6. The van der Waals surface area contributed by atoms with Crippen LogP contribution in [0.25, 0.3) is 0 Å². The van der Waals surface area contributed by atoms with Gasteiger partial charge in [-0.15, -0.1) is 0 Å². The molecule has 1 aliphatic heterocycles. The van der Waals surface area contributed by atoms with E-state index in [1.165, 1.54) is 7.11 Å². The fourth-order valence-corrected chi connectivity index (χ4v) is 3.71. The van der Waals surface area contributed by atoms with E-state index in [9.17, 15) is 13.2 Å². The normalized spacial score (nSPS) is 19.8. The van der Waals surface area contributed by atoms with Crippen LogP contribution >= 0.6 is 0 Å². The van der Waals surface area contributed by atoms with Crippen LogP contribution in [0.5, 0.6) is 0 Å². The Bertz CT molecular complexity index is 589. The van der Waals surface area contributed by atoms with Crippen molar-refractivity contribution >= 4 is 16.0 Å². The maximum atomic E-state index is 12.1. The van der Waals surface area contributed by atoms with Gasteiger partial charge in [0, 0.05) is 13.1 Å². The van der Waals surface area contributed by atoms with E-state index in [2.05, 4.69) is 4.72 Å². The molecule has 1 aromatic carbocycles. The highest BCUT2D eigenvalue weighted by Crippen LogP contribution is 2.17. The Morgan fingerprint density at radius 2 is 2.05 bits per heavy atom. The van der Waals surface area contributed by atoms with Gasteiger partial charge < -0.3 is 4.74 Å². The van der Waals surface area contributed by atoms with Crippen LogP contribution in [-0.2, 0) is 19.6 Å². The van der Waals surface area contributed by atoms with Crippen LogP contribution in [-0.4, -0.2) is 52.1 Å². The highest BCUT2D eigenvalue weighted by molar-refractivity contribution is 7.89. The lowest BCUT2D eigenvalue weighted by atomic mass is 10.0. The Morgan fingerprint density at radius 3 is 2.73 bits per heavy atom. The molecule has 1 aromatic rings. The summed E-state index contributed by atoms with van der Waals surface area (Å²) < 4.78 is 31.6. The number of carbonyl (C=O) groups is 1. The van der Waals surface area contributed by atoms with E-state index in [0.29, 0.717) is 6.54 Å². The van der Waals surface area contributed by atoms with Crippen LogP contribution in [0.1, 0.15) is 19.3 Å². The first kappa shape index (κ1) is 16.9. The quantitative estimate of drug-likeness (QED) is 0.789. The van der Waals surface area contributed by atoms with E-state index in [-0.39, 0.29) is 23.5 Å². The molecule has 2 rings (SSSR count). The number of piperidine rings is 1. The van der Waals surface area contributed by atoms with Crippen molar-refractivity contribution in [3.8, 4) is 0 Å². The Balaban J connectivity index is 1.91. The van der Waals surface area contributed by atoms with Crippen LogP contribution in [0.2, 0.25) is 0 Å². The summed E-state index contributed by atoms with van der Waals surface area (Å²) in [5.41, 5.74) is 0. The zero-order valence-corrected chi connectivity index (χ0v) is 13.5. The van der Waals surface area contributed by atoms with E-state index in [1.54, 1.807) is 30.3 Å². The van der Waals surface area contributed by atoms with Crippen LogP contribution in [0.3, 0.4) is 0 Å². The number of esters is 1. The van der Waals surface area contributed by atoms with E-state index < -0.39 is 10.0 Å². The van der Waals surface area contributed by atoms with E-state index in [0.717, 1.165) is 25.8 Å². The summed E-state index contributed by atoms with van der Waals surface area (Å²) in [5, 5.41) is 0. The maximum Gasteiger partial charge on any atom is 0.323 e. The van der Waals surface area contributed by atoms with Crippen LogP contribution < -0.4 is 4.72 Å². The Morgan fingerprint density at radius 1 is 1.32 bits per heavy atom. The van der Waals surface area contributed by atoms with Gasteiger partial charge in [0.05, 0.1) is 12.0 Å². The van der Waals surface area contributed by atoms with Gasteiger partial charge in [0.25, 0.3) is 0 Å². The fraction of sp³-hybridized carbons (Fsp3) is 0.533. The summed E-state index contributed by atoms with van der Waals surface area (Å²) in [6, 6.07) is 7.99. The molecule has 7 heteroatoms. The Labute approximate surface area is 131 Å². The lowest BCUT2D eigenvalue weighted by Crippen LogP contribution is -2.48. The first-order chi connectivity index (χ1) is 10.5. The number of hydrogen-bond acceptors (Lipinski definition) is 5. The minimum atomic E-state index is -3.50. The number of nitrogens with zero attached hydrogens (tertiary/aromatic N) is 1. The van der Waals surface area contributed by atoms with E-state index >= 15 is 0 Å². The summed E-state index contributed by atoms with van der Waals surface area (Å²) in [7, 11) is -2.12. The number of carbonyl (C=O) groups excluding carboxylic acids is 1. The van der Waals surface area contributed by atoms with Gasteiger partial charge in [-0.05, 0) is 31.5 Å². The minimum absolute atomic E-state index is 0.245. The molecule has 6 nitrogen and oxygen atoms in total. The molecule has 0 amide bonds. The fourth-order valence-electron chi connectivity index (χ4n) is 2.67. The van der Waals surface area contributed by atoms with Crippen molar-refractivity contribution < 1.29 is 17.9 Å². The van der Waals surface area contributed by atoms with Gasteiger partial charge in [-0.2, -0.15) is 0 Å². The number of nitrogens with one attached hydrogen (secondary N) is 1. The lowest BCUT2D eigenvalue weighted by Gasteiger charge is -2.33. The largest absolute Gasteiger partial charge is 0.468 e. The standard InChI is InChI=1S/C15H22N2O4S/c1-21-15(18)14-9-5-6-11-17(14)12-10-16-22(19,20)13-7-3-2-4-8-13/h2-4,7-8,14,16H,5-6,9-12H2,1H3/t14-/m1/s1. The summed E-state index contributed by atoms with van der Waals surface area (Å²) in [6.07, 6.45) is 2.77. The van der Waals surface area contributed by atoms with E-state index in [4.69, 9.17) is 4.74 Å². The minimum Gasteiger partial charge on any atom is -0.468 e. The lowest BCUT2D eigenvalue weighted by molar-refractivity contribution is -0.148. The Hall–Kier alpha value is -1.44. The molecule has 1 N–H and O–H groups in total. The first-order valence-electron chi connectivity index (χ1n) is 7.41. The SMILES string of the molecule is COC(=O)[C@H]1CCCCN1CCNS(=O)(=O)c1ccccc1. The van der Waals surface area contributed by atoms with Crippen molar-refractivity contribution in [3.63, 3.8) is 0 Å². The molecular formula is C15H22N2O4S. The third kappa shape index (κ3) is 4.28. The summed E-state index contributed by atoms with van der Waals surface area (Å²) in [4.78, 5) is 14.0. The number of hydrogen-bond donors (Lipinski definition) is 1. The van der Waals surface area contributed by atoms with Gasteiger partial charge in [-0.3, -0.25) is 9.69 Å². The molecule has 0 unspecified atom stereocenters. The zero-order valence-electron chi connectivity index (χ0n) is 12.7. The average Bonchev–Trinajstić information content (AvgIpc) is 2.55. The molecule has 1 atom stereocenters. The maximum absolute atomic E-state index is 12.1. The van der Waals surface area contributed by atoms with Gasteiger partial charge in [0.1, 0.15) is 6.04 Å². The molecule has 22 heavy (non-hydrogen) atoms.